The van der Waals surface area contributed by atoms with Gasteiger partial charge in [0.05, 0.1) is 15.7 Å². The summed E-state index contributed by atoms with van der Waals surface area (Å²) >= 11 is 15.2. The molecule has 6 heteroatoms. The Balaban J connectivity index is 2.31. The number of pyridine rings is 1. The topological polar surface area (TPSA) is 50.2 Å². The summed E-state index contributed by atoms with van der Waals surface area (Å²) < 4.78 is 0.941. The average Bonchev–Trinajstić information content (AvgIpc) is 2.39. The molecule has 0 spiro atoms. The maximum absolute atomic E-state index is 11.5. The molecule has 0 saturated heterocycles. The van der Waals surface area contributed by atoms with Crippen molar-refractivity contribution in [2.24, 2.45) is 0 Å². The monoisotopic (exact) mass is 373 g/mol. The van der Waals surface area contributed by atoms with Crippen LogP contribution in [-0.2, 0) is 11.2 Å². The van der Waals surface area contributed by atoms with E-state index in [9.17, 15) is 9.90 Å². The lowest BCUT2D eigenvalue weighted by Gasteiger charge is -2.13. The van der Waals surface area contributed by atoms with Crippen molar-refractivity contribution >= 4 is 45.1 Å². The number of aliphatic carboxylic acids is 1. The third-order valence-electron chi connectivity index (χ3n) is 2.82. The molecule has 0 amide bonds. The van der Waals surface area contributed by atoms with E-state index in [0.29, 0.717) is 17.1 Å². The molecule has 0 aliphatic carbocycles. The van der Waals surface area contributed by atoms with Crippen molar-refractivity contribution in [2.45, 2.75) is 12.3 Å². The Bertz CT molecular complexity index is 632. The van der Waals surface area contributed by atoms with Gasteiger partial charge in [0.2, 0.25) is 0 Å². The molecule has 1 heterocycles. The smallest absolute Gasteiger partial charge is 0.312 e. The quantitative estimate of drug-likeness (QED) is 0.853. The molecule has 1 aromatic carbocycles. The Kier molecular flexibility index (Phi) is 5.02. The van der Waals surface area contributed by atoms with Crippen LogP contribution >= 0.6 is 39.1 Å². The van der Waals surface area contributed by atoms with Crippen LogP contribution in [0.15, 0.2) is 41.0 Å². The lowest BCUT2D eigenvalue weighted by molar-refractivity contribution is -0.138. The molecule has 1 unspecified atom stereocenters. The second-order valence-electron chi connectivity index (χ2n) is 4.24. The standard InChI is InChI=1S/C14H10BrCl2NO2/c15-9-3-1-8(2-4-9)5-11(14(19)20)13-12(17)6-10(16)7-18-13/h1-4,6-7,11H,5H2,(H,19,20). The summed E-state index contributed by atoms with van der Waals surface area (Å²) in [7, 11) is 0. The minimum absolute atomic E-state index is 0.266. The first-order valence-electron chi connectivity index (χ1n) is 5.75. The summed E-state index contributed by atoms with van der Waals surface area (Å²) in [6.07, 6.45) is 1.72. The van der Waals surface area contributed by atoms with Crippen LogP contribution in [0.25, 0.3) is 0 Å². The van der Waals surface area contributed by atoms with E-state index in [0.717, 1.165) is 10.0 Å². The number of hydrogen-bond donors (Lipinski definition) is 1. The first-order valence-corrected chi connectivity index (χ1v) is 7.30. The van der Waals surface area contributed by atoms with Crippen LogP contribution in [0.5, 0.6) is 0 Å². The molecule has 0 aliphatic heterocycles. The maximum Gasteiger partial charge on any atom is 0.312 e. The molecule has 1 N–H and O–H groups in total. The first-order chi connectivity index (χ1) is 9.47. The van der Waals surface area contributed by atoms with Gasteiger partial charge in [-0.3, -0.25) is 9.78 Å². The van der Waals surface area contributed by atoms with Crippen LogP contribution in [0, 0.1) is 0 Å². The Morgan fingerprint density at radius 1 is 1.30 bits per heavy atom. The predicted molar refractivity (Wildman–Crippen MR) is 82.5 cm³/mol. The number of carboxylic acids is 1. The highest BCUT2D eigenvalue weighted by molar-refractivity contribution is 9.10. The van der Waals surface area contributed by atoms with E-state index < -0.39 is 11.9 Å². The van der Waals surface area contributed by atoms with E-state index >= 15 is 0 Å². The van der Waals surface area contributed by atoms with Crippen molar-refractivity contribution in [1.82, 2.24) is 4.98 Å². The van der Waals surface area contributed by atoms with Gasteiger partial charge in [0.1, 0.15) is 5.92 Å². The summed E-state index contributed by atoms with van der Waals surface area (Å²) in [5, 5.41) is 10.0. The number of hydrogen-bond acceptors (Lipinski definition) is 2. The molecule has 3 nitrogen and oxygen atoms in total. The van der Waals surface area contributed by atoms with Crippen LogP contribution < -0.4 is 0 Å². The van der Waals surface area contributed by atoms with E-state index in [-0.39, 0.29) is 5.02 Å². The molecule has 104 valence electrons. The van der Waals surface area contributed by atoms with E-state index in [1.54, 1.807) is 0 Å². The zero-order valence-corrected chi connectivity index (χ0v) is 13.3. The Morgan fingerprint density at radius 3 is 2.50 bits per heavy atom. The molecule has 0 aliphatic rings. The number of rotatable bonds is 4. The number of carboxylic acid groups (broad SMARTS) is 1. The number of carbonyl (C=O) groups is 1. The normalized spacial score (nSPS) is 12.2. The van der Waals surface area contributed by atoms with Gasteiger partial charge in [-0.05, 0) is 30.2 Å². The number of aromatic nitrogens is 1. The molecule has 2 aromatic rings. The molecule has 0 saturated carbocycles. The fourth-order valence-corrected chi connectivity index (χ4v) is 2.61. The molecule has 2 rings (SSSR count). The average molecular weight is 375 g/mol. The summed E-state index contributed by atoms with van der Waals surface area (Å²) in [6, 6.07) is 8.97. The SMILES string of the molecule is O=C(O)C(Cc1ccc(Br)cc1)c1ncc(Cl)cc1Cl. The van der Waals surface area contributed by atoms with E-state index in [2.05, 4.69) is 20.9 Å². The van der Waals surface area contributed by atoms with Crippen molar-refractivity contribution in [2.75, 3.05) is 0 Å². The number of benzene rings is 1. The zero-order chi connectivity index (χ0) is 14.7. The Morgan fingerprint density at radius 2 is 1.95 bits per heavy atom. The Hall–Kier alpha value is -1.10. The van der Waals surface area contributed by atoms with Crippen LogP contribution in [0.2, 0.25) is 10.0 Å². The summed E-state index contributed by atoms with van der Waals surface area (Å²) in [6.45, 7) is 0. The second kappa shape index (κ2) is 6.57. The highest BCUT2D eigenvalue weighted by atomic mass is 79.9. The van der Waals surface area contributed by atoms with Gasteiger partial charge >= 0.3 is 5.97 Å². The molecule has 0 radical (unpaired) electrons. The van der Waals surface area contributed by atoms with Gasteiger partial charge in [-0.1, -0.05) is 51.3 Å². The fourth-order valence-electron chi connectivity index (χ4n) is 1.84. The minimum Gasteiger partial charge on any atom is -0.481 e. The molecule has 20 heavy (non-hydrogen) atoms. The summed E-state index contributed by atoms with van der Waals surface area (Å²) in [5.74, 6) is -1.77. The van der Waals surface area contributed by atoms with Gasteiger partial charge < -0.3 is 5.11 Å². The van der Waals surface area contributed by atoms with E-state index in [1.807, 2.05) is 24.3 Å². The number of halogens is 3. The zero-order valence-electron chi connectivity index (χ0n) is 10.2. The van der Waals surface area contributed by atoms with Crippen molar-refractivity contribution in [3.8, 4) is 0 Å². The molecule has 1 aromatic heterocycles. The van der Waals surface area contributed by atoms with Crippen LogP contribution in [0.4, 0.5) is 0 Å². The van der Waals surface area contributed by atoms with Gasteiger partial charge in [0, 0.05) is 10.7 Å². The minimum atomic E-state index is -0.968. The van der Waals surface area contributed by atoms with Crippen LogP contribution in [0.1, 0.15) is 17.2 Å². The van der Waals surface area contributed by atoms with Gasteiger partial charge in [-0.2, -0.15) is 0 Å². The van der Waals surface area contributed by atoms with E-state index in [4.69, 9.17) is 23.2 Å². The molecule has 0 bridgehead atoms. The molecule has 1 atom stereocenters. The molecular formula is C14H10BrCl2NO2. The highest BCUT2D eigenvalue weighted by Gasteiger charge is 2.24. The third kappa shape index (κ3) is 3.72. The maximum atomic E-state index is 11.5. The lowest BCUT2D eigenvalue weighted by Crippen LogP contribution is -2.16. The Labute approximate surface area is 134 Å². The van der Waals surface area contributed by atoms with Crippen LogP contribution in [-0.4, -0.2) is 16.1 Å². The van der Waals surface area contributed by atoms with Crippen molar-refractivity contribution in [1.29, 1.82) is 0 Å². The first kappa shape index (κ1) is 15.3. The van der Waals surface area contributed by atoms with E-state index in [1.165, 1.54) is 12.3 Å². The van der Waals surface area contributed by atoms with Gasteiger partial charge in [0.15, 0.2) is 0 Å². The predicted octanol–water partition coefficient (Wildman–Crippen LogP) is 4.56. The summed E-state index contributed by atoms with van der Waals surface area (Å²) in [4.78, 5) is 15.5. The molecular weight excluding hydrogens is 365 g/mol. The van der Waals surface area contributed by atoms with Crippen molar-refractivity contribution in [3.63, 3.8) is 0 Å². The third-order valence-corrected chi connectivity index (χ3v) is 3.86. The molecule has 0 fully saturated rings. The van der Waals surface area contributed by atoms with Crippen LogP contribution in [0.3, 0.4) is 0 Å². The highest BCUT2D eigenvalue weighted by Crippen LogP contribution is 2.28. The van der Waals surface area contributed by atoms with Gasteiger partial charge in [0.25, 0.3) is 0 Å². The summed E-state index contributed by atoms with van der Waals surface area (Å²) in [5.41, 5.74) is 1.22. The second-order valence-corrected chi connectivity index (χ2v) is 6.00. The number of nitrogens with zero attached hydrogens (tertiary/aromatic N) is 1. The fraction of sp³-hybridized carbons (Fsp3) is 0.143. The van der Waals surface area contributed by atoms with Crippen molar-refractivity contribution in [3.05, 3.63) is 62.3 Å². The van der Waals surface area contributed by atoms with Crippen molar-refractivity contribution < 1.29 is 9.90 Å². The van der Waals surface area contributed by atoms with Gasteiger partial charge in [-0.25, -0.2) is 0 Å². The lowest BCUT2D eigenvalue weighted by atomic mass is 9.96. The largest absolute Gasteiger partial charge is 0.481 e. The van der Waals surface area contributed by atoms with Gasteiger partial charge in [-0.15, -0.1) is 0 Å².